The highest BCUT2D eigenvalue weighted by molar-refractivity contribution is 5.81. The SMILES string of the molecule is CC(C)C(O)C(=O)N[C@@H]1CNC[C@H](C(=O)O)C1. The molecular weight excluding hydrogens is 224 g/mol. The summed E-state index contributed by atoms with van der Waals surface area (Å²) >= 11 is 0. The molecular formula is C11H20N2O4. The van der Waals surface area contributed by atoms with E-state index in [9.17, 15) is 14.7 Å². The van der Waals surface area contributed by atoms with Crippen molar-refractivity contribution in [1.82, 2.24) is 10.6 Å². The zero-order valence-corrected chi connectivity index (χ0v) is 10.1. The van der Waals surface area contributed by atoms with E-state index in [1.807, 2.05) is 0 Å². The van der Waals surface area contributed by atoms with Crippen LogP contribution in [0.1, 0.15) is 20.3 Å². The summed E-state index contributed by atoms with van der Waals surface area (Å²) in [5.41, 5.74) is 0. The number of carboxylic acids is 1. The van der Waals surface area contributed by atoms with Crippen LogP contribution < -0.4 is 10.6 Å². The van der Waals surface area contributed by atoms with Crippen LogP contribution in [0.3, 0.4) is 0 Å². The van der Waals surface area contributed by atoms with E-state index in [1.165, 1.54) is 0 Å². The van der Waals surface area contributed by atoms with Crippen LogP contribution in [0.5, 0.6) is 0 Å². The molecule has 0 aliphatic carbocycles. The number of aliphatic hydroxyl groups excluding tert-OH is 1. The minimum absolute atomic E-state index is 0.151. The average molecular weight is 244 g/mol. The van der Waals surface area contributed by atoms with Crippen LogP contribution in [0, 0.1) is 11.8 Å². The first-order chi connectivity index (χ1) is 7.91. The molecule has 0 bridgehead atoms. The van der Waals surface area contributed by atoms with Crippen molar-refractivity contribution >= 4 is 11.9 Å². The van der Waals surface area contributed by atoms with Gasteiger partial charge in [-0.2, -0.15) is 0 Å². The van der Waals surface area contributed by atoms with Gasteiger partial charge in [0.05, 0.1) is 5.92 Å². The normalized spacial score (nSPS) is 26.6. The first-order valence-corrected chi connectivity index (χ1v) is 5.83. The molecule has 1 aliphatic heterocycles. The van der Waals surface area contributed by atoms with Gasteiger partial charge in [-0.1, -0.05) is 13.8 Å². The van der Waals surface area contributed by atoms with Crippen LogP contribution in [0.25, 0.3) is 0 Å². The molecule has 1 saturated heterocycles. The summed E-state index contributed by atoms with van der Waals surface area (Å²) in [5, 5.41) is 24.1. The molecule has 0 aromatic carbocycles. The first-order valence-electron chi connectivity index (χ1n) is 5.83. The molecule has 1 aliphatic rings. The van der Waals surface area contributed by atoms with Gasteiger partial charge < -0.3 is 20.8 Å². The maximum absolute atomic E-state index is 11.6. The van der Waals surface area contributed by atoms with Crippen molar-refractivity contribution in [3.8, 4) is 0 Å². The van der Waals surface area contributed by atoms with Gasteiger partial charge in [0, 0.05) is 19.1 Å². The molecule has 98 valence electrons. The second-order valence-electron chi connectivity index (χ2n) is 4.82. The predicted molar refractivity (Wildman–Crippen MR) is 61.4 cm³/mol. The molecule has 0 spiro atoms. The lowest BCUT2D eigenvalue weighted by molar-refractivity contribution is -0.143. The minimum Gasteiger partial charge on any atom is -0.481 e. The third-order valence-electron chi connectivity index (χ3n) is 2.95. The Balaban J connectivity index is 2.46. The highest BCUT2D eigenvalue weighted by atomic mass is 16.4. The highest BCUT2D eigenvalue weighted by Crippen LogP contribution is 2.11. The Hall–Kier alpha value is -1.14. The van der Waals surface area contributed by atoms with Crippen molar-refractivity contribution in [1.29, 1.82) is 0 Å². The summed E-state index contributed by atoms with van der Waals surface area (Å²) in [6.45, 7) is 4.47. The lowest BCUT2D eigenvalue weighted by Gasteiger charge is -2.29. The second kappa shape index (κ2) is 5.97. The van der Waals surface area contributed by atoms with Gasteiger partial charge in [-0.15, -0.1) is 0 Å². The zero-order valence-electron chi connectivity index (χ0n) is 10.1. The van der Waals surface area contributed by atoms with E-state index >= 15 is 0 Å². The average Bonchev–Trinajstić information content (AvgIpc) is 2.28. The Labute approximate surface area is 100 Å². The lowest BCUT2D eigenvalue weighted by Crippen LogP contribution is -2.53. The number of piperidine rings is 1. The van der Waals surface area contributed by atoms with E-state index in [0.29, 0.717) is 19.5 Å². The number of hydrogen-bond acceptors (Lipinski definition) is 4. The molecule has 1 fully saturated rings. The van der Waals surface area contributed by atoms with E-state index in [4.69, 9.17) is 5.11 Å². The standard InChI is InChI=1S/C11H20N2O4/c1-6(2)9(14)10(15)13-8-3-7(11(16)17)4-12-5-8/h6-9,12,14H,3-5H2,1-2H3,(H,13,15)(H,16,17)/t7-,8+,9?/m1/s1. The van der Waals surface area contributed by atoms with Gasteiger partial charge in [-0.3, -0.25) is 9.59 Å². The number of aliphatic hydroxyl groups is 1. The molecule has 17 heavy (non-hydrogen) atoms. The molecule has 1 rings (SSSR count). The zero-order chi connectivity index (χ0) is 13.0. The number of carbonyl (C=O) groups is 2. The fraction of sp³-hybridized carbons (Fsp3) is 0.818. The monoisotopic (exact) mass is 244 g/mol. The molecule has 1 unspecified atom stereocenters. The van der Waals surface area contributed by atoms with Crippen LogP contribution in [0.4, 0.5) is 0 Å². The van der Waals surface area contributed by atoms with Crippen molar-refractivity contribution in [2.75, 3.05) is 13.1 Å². The Morgan fingerprint density at radius 3 is 2.53 bits per heavy atom. The van der Waals surface area contributed by atoms with Crippen LogP contribution in [0.15, 0.2) is 0 Å². The van der Waals surface area contributed by atoms with Gasteiger partial charge in [0.15, 0.2) is 0 Å². The summed E-state index contributed by atoms with van der Waals surface area (Å²) in [4.78, 5) is 22.4. The number of carbonyl (C=O) groups excluding carboxylic acids is 1. The van der Waals surface area contributed by atoms with Gasteiger partial charge in [0.2, 0.25) is 5.91 Å². The Bertz CT molecular complexity index is 293. The van der Waals surface area contributed by atoms with Gasteiger partial charge >= 0.3 is 5.97 Å². The summed E-state index contributed by atoms with van der Waals surface area (Å²) in [6.07, 6.45) is -0.640. The quantitative estimate of drug-likeness (QED) is 0.518. The molecule has 1 amide bonds. The number of aliphatic carboxylic acids is 1. The van der Waals surface area contributed by atoms with E-state index in [0.717, 1.165) is 0 Å². The summed E-state index contributed by atoms with van der Waals surface area (Å²) in [5.74, 6) is -1.93. The van der Waals surface area contributed by atoms with E-state index < -0.39 is 23.9 Å². The third kappa shape index (κ3) is 3.98. The first kappa shape index (κ1) is 13.9. The number of nitrogens with one attached hydrogen (secondary N) is 2. The molecule has 0 aromatic heterocycles. The summed E-state index contributed by atoms with van der Waals surface area (Å²) < 4.78 is 0. The van der Waals surface area contributed by atoms with Crippen molar-refractivity contribution < 1.29 is 19.8 Å². The molecule has 0 saturated carbocycles. The number of amides is 1. The van der Waals surface area contributed by atoms with E-state index in [1.54, 1.807) is 13.8 Å². The van der Waals surface area contributed by atoms with Crippen LogP contribution in [0.2, 0.25) is 0 Å². The Morgan fingerprint density at radius 1 is 1.35 bits per heavy atom. The topological polar surface area (TPSA) is 98.7 Å². The fourth-order valence-corrected chi connectivity index (χ4v) is 1.83. The van der Waals surface area contributed by atoms with Crippen LogP contribution >= 0.6 is 0 Å². The third-order valence-corrected chi connectivity index (χ3v) is 2.95. The predicted octanol–water partition coefficient (Wildman–Crippen LogP) is -0.818. The van der Waals surface area contributed by atoms with Crippen molar-refractivity contribution in [3.05, 3.63) is 0 Å². The maximum Gasteiger partial charge on any atom is 0.307 e. The molecule has 4 N–H and O–H groups in total. The Kier molecular flexibility index (Phi) is 4.89. The second-order valence-corrected chi connectivity index (χ2v) is 4.82. The van der Waals surface area contributed by atoms with Gasteiger partial charge in [0.1, 0.15) is 6.10 Å². The van der Waals surface area contributed by atoms with E-state index in [2.05, 4.69) is 10.6 Å². The molecule has 6 heteroatoms. The highest BCUT2D eigenvalue weighted by Gasteiger charge is 2.29. The van der Waals surface area contributed by atoms with Crippen molar-refractivity contribution in [2.45, 2.75) is 32.4 Å². The Morgan fingerprint density at radius 2 is 2.00 bits per heavy atom. The summed E-state index contributed by atoms with van der Waals surface area (Å²) in [7, 11) is 0. The van der Waals surface area contributed by atoms with Crippen LogP contribution in [-0.4, -0.2) is 47.3 Å². The number of rotatable bonds is 4. The molecule has 6 nitrogen and oxygen atoms in total. The minimum atomic E-state index is -1.04. The van der Waals surface area contributed by atoms with Gasteiger partial charge in [0.25, 0.3) is 0 Å². The van der Waals surface area contributed by atoms with E-state index in [-0.39, 0.29) is 12.0 Å². The van der Waals surface area contributed by atoms with Crippen molar-refractivity contribution in [3.63, 3.8) is 0 Å². The fourth-order valence-electron chi connectivity index (χ4n) is 1.83. The van der Waals surface area contributed by atoms with Gasteiger partial charge in [-0.05, 0) is 12.3 Å². The number of hydrogen-bond donors (Lipinski definition) is 4. The maximum atomic E-state index is 11.6. The van der Waals surface area contributed by atoms with Gasteiger partial charge in [-0.25, -0.2) is 0 Å². The largest absolute Gasteiger partial charge is 0.481 e. The van der Waals surface area contributed by atoms with Crippen molar-refractivity contribution in [2.24, 2.45) is 11.8 Å². The molecule has 0 aromatic rings. The molecule has 1 heterocycles. The summed E-state index contributed by atoms with van der Waals surface area (Å²) in [6, 6.07) is -0.231. The lowest BCUT2D eigenvalue weighted by atomic mass is 9.95. The van der Waals surface area contributed by atoms with Crippen LogP contribution in [-0.2, 0) is 9.59 Å². The number of carboxylic acid groups (broad SMARTS) is 1. The smallest absolute Gasteiger partial charge is 0.307 e. The molecule has 0 radical (unpaired) electrons. The molecule has 3 atom stereocenters.